The van der Waals surface area contributed by atoms with Crippen LogP contribution in [0.5, 0.6) is 5.88 Å². The van der Waals surface area contributed by atoms with E-state index in [4.69, 9.17) is 15.3 Å². The number of carboxylic acids is 1. The number of hydrogen-bond donors (Lipinski definition) is 3. The van der Waals surface area contributed by atoms with Crippen molar-refractivity contribution in [1.82, 2.24) is 4.98 Å². The summed E-state index contributed by atoms with van der Waals surface area (Å²) in [5, 5.41) is 10.4. The Balaban J connectivity index is 0.00000162. The molecule has 9 nitrogen and oxygen atoms in total. The molecular formula is C40H43FN5O4S+. The van der Waals surface area contributed by atoms with E-state index in [0.29, 0.717) is 34.7 Å². The van der Waals surface area contributed by atoms with Crippen LogP contribution in [-0.4, -0.2) is 73.5 Å². The Morgan fingerprint density at radius 3 is 2.37 bits per heavy atom. The number of benzene rings is 3. The van der Waals surface area contributed by atoms with Crippen molar-refractivity contribution in [3.63, 3.8) is 0 Å². The van der Waals surface area contributed by atoms with Crippen molar-refractivity contribution in [3.05, 3.63) is 141 Å². The van der Waals surface area contributed by atoms with E-state index in [2.05, 4.69) is 69.1 Å². The van der Waals surface area contributed by atoms with Crippen LogP contribution in [0, 0.1) is 5.82 Å². The Morgan fingerprint density at radius 1 is 1.00 bits per heavy atom. The summed E-state index contributed by atoms with van der Waals surface area (Å²) >= 11 is 0. The highest BCUT2D eigenvalue weighted by Gasteiger charge is 2.37. The Kier molecular flexibility index (Phi) is 10.8. The third-order valence-corrected chi connectivity index (χ3v) is 11.7. The standard InChI is InChI=1S/C39H39FN4O3S.CH3NO/c1-43(2)28-10-13-31-35(21-28)48(5,6)36-22-29(44(3)4)11-14-32(36)38(31)33-18-24(8-12-30(33)39(45)46)17-26-9-7-25(19-34(26)40)23-47-37-20-27(41)15-16-42-37;2-1-3/h7-16,18-22H,17,23H2,1-6H3,(H2-,41,42,45,46);1H,(H2,2,3)/p+1. The van der Waals surface area contributed by atoms with Gasteiger partial charge in [0.25, 0.3) is 0 Å². The van der Waals surface area contributed by atoms with Crippen LogP contribution < -0.4 is 21.1 Å². The molecule has 0 radical (unpaired) electrons. The Bertz CT molecular complexity index is 2150. The first-order valence-corrected chi connectivity index (χ1v) is 18.6. The number of hydrogen-bond acceptors (Lipinski definition) is 6. The topological polar surface area (TPSA) is 135 Å². The minimum Gasteiger partial charge on any atom is -0.478 e. The van der Waals surface area contributed by atoms with Crippen molar-refractivity contribution in [3.8, 4) is 5.88 Å². The lowest BCUT2D eigenvalue weighted by Gasteiger charge is -2.43. The number of nitrogens with two attached hydrogens (primary N) is 2. The number of allylic oxidation sites excluding steroid dienone is 4. The SMILES string of the molecule is CN(C)c1ccc2c(c1)S(C)(C)C1=CC(=[N+](C)C)C=CC1=C2c1cc(Cc2ccc(COc3cc(N)ccn3)cc2F)ccc1C(=O)O.NC=O. The number of carboxylic acid groups (broad SMARTS) is 1. The first kappa shape index (κ1) is 36.6. The van der Waals surface area contributed by atoms with Gasteiger partial charge in [-0.2, -0.15) is 10.0 Å². The number of amides is 1. The summed E-state index contributed by atoms with van der Waals surface area (Å²) in [6.07, 6.45) is 13.2. The van der Waals surface area contributed by atoms with Crippen molar-refractivity contribution in [2.45, 2.75) is 17.9 Å². The van der Waals surface area contributed by atoms with E-state index in [9.17, 15) is 9.90 Å². The molecule has 1 aromatic heterocycles. The monoisotopic (exact) mass is 708 g/mol. The molecule has 0 bridgehead atoms. The molecule has 0 atom stereocenters. The Hall–Kier alpha value is -5.68. The zero-order chi connectivity index (χ0) is 37.0. The minimum atomic E-state index is -1.47. The number of aromatic nitrogens is 1. The fraction of sp³-hybridized carbons (Fsp3) is 0.200. The van der Waals surface area contributed by atoms with Crippen molar-refractivity contribution >= 4 is 45.1 Å². The number of aromatic carboxylic acids is 1. The molecule has 6 rings (SSSR count). The molecule has 1 aliphatic carbocycles. The third-order valence-electron chi connectivity index (χ3n) is 8.84. The van der Waals surface area contributed by atoms with Gasteiger partial charge in [0.1, 0.15) is 26.5 Å². The van der Waals surface area contributed by atoms with Crippen molar-refractivity contribution in [1.29, 1.82) is 0 Å². The predicted octanol–water partition coefficient (Wildman–Crippen LogP) is 6.24. The van der Waals surface area contributed by atoms with E-state index in [-0.39, 0.29) is 24.4 Å². The fourth-order valence-corrected chi connectivity index (χ4v) is 8.70. The predicted molar refractivity (Wildman–Crippen MR) is 205 cm³/mol. The van der Waals surface area contributed by atoms with Crippen LogP contribution in [0.1, 0.15) is 38.2 Å². The minimum absolute atomic E-state index is 0.145. The quantitative estimate of drug-likeness (QED) is 0.146. The molecule has 0 unspecified atom stereocenters. The number of fused-ring (bicyclic) bond motifs is 2. The third kappa shape index (κ3) is 7.73. The van der Waals surface area contributed by atoms with Gasteiger partial charge in [0.15, 0.2) is 0 Å². The summed E-state index contributed by atoms with van der Waals surface area (Å²) in [6, 6.07) is 20.1. The van der Waals surface area contributed by atoms with Gasteiger partial charge in [-0.05, 0) is 93.9 Å². The summed E-state index contributed by atoms with van der Waals surface area (Å²) in [4.78, 5) is 29.9. The van der Waals surface area contributed by atoms with Gasteiger partial charge in [-0.25, -0.2) is 18.7 Å². The molecule has 3 aromatic carbocycles. The molecule has 2 heterocycles. The van der Waals surface area contributed by atoms with Gasteiger partial charge in [0.2, 0.25) is 18.0 Å². The normalized spacial score (nSPS) is 14.6. The number of nitrogens with zero attached hydrogens (tertiary/aromatic N) is 3. The Labute approximate surface area is 299 Å². The van der Waals surface area contributed by atoms with E-state index in [1.165, 1.54) is 15.9 Å². The van der Waals surface area contributed by atoms with Crippen LogP contribution in [-0.2, 0) is 17.8 Å². The number of carbonyl (C=O) groups excluding carboxylic acids is 1. The van der Waals surface area contributed by atoms with Crippen LogP contribution in [0.4, 0.5) is 15.8 Å². The summed E-state index contributed by atoms with van der Waals surface area (Å²) in [5.74, 6) is -1.00. The number of anilines is 2. The second kappa shape index (κ2) is 15.1. The van der Waals surface area contributed by atoms with Gasteiger partial charge in [-0.1, -0.05) is 24.3 Å². The molecule has 0 saturated heterocycles. The average molecular weight is 709 g/mol. The highest BCUT2D eigenvalue weighted by atomic mass is 32.3. The summed E-state index contributed by atoms with van der Waals surface area (Å²) < 4.78 is 23.3. The highest BCUT2D eigenvalue weighted by Crippen LogP contribution is 2.66. The van der Waals surface area contributed by atoms with Crippen molar-refractivity contribution < 1.29 is 28.4 Å². The number of halogens is 1. The lowest BCUT2D eigenvalue weighted by Crippen LogP contribution is -2.20. The molecule has 4 aromatic rings. The number of primary amides is 1. The maximum Gasteiger partial charge on any atom is 0.336 e. The molecule has 5 N–H and O–H groups in total. The first-order valence-electron chi connectivity index (χ1n) is 16.1. The van der Waals surface area contributed by atoms with Gasteiger partial charge in [0, 0.05) is 66.1 Å². The first-order chi connectivity index (χ1) is 24.2. The average Bonchev–Trinajstić information content (AvgIpc) is 3.08. The van der Waals surface area contributed by atoms with Crippen LogP contribution >= 0.6 is 10.0 Å². The second-order valence-electron chi connectivity index (χ2n) is 13.0. The zero-order valence-corrected chi connectivity index (χ0v) is 30.4. The van der Waals surface area contributed by atoms with E-state index in [0.717, 1.165) is 33.7 Å². The van der Waals surface area contributed by atoms with Gasteiger partial charge in [-0.3, -0.25) is 4.79 Å². The van der Waals surface area contributed by atoms with Crippen LogP contribution in [0.3, 0.4) is 0 Å². The highest BCUT2D eigenvalue weighted by molar-refractivity contribution is 8.36. The van der Waals surface area contributed by atoms with Crippen molar-refractivity contribution in [2.75, 3.05) is 51.3 Å². The molecule has 0 fully saturated rings. The lowest BCUT2D eigenvalue weighted by atomic mass is 9.86. The van der Waals surface area contributed by atoms with E-state index < -0.39 is 16.0 Å². The van der Waals surface area contributed by atoms with Gasteiger partial charge in [0.05, 0.1) is 5.56 Å². The molecule has 0 saturated carbocycles. The molecular weight excluding hydrogens is 666 g/mol. The maximum absolute atomic E-state index is 15.5. The number of nitrogen functional groups attached to an aromatic ring is 1. The largest absolute Gasteiger partial charge is 0.478 e. The number of pyridine rings is 1. The van der Waals surface area contributed by atoms with E-state index in [1.807, 2.05) is 40.3 Å². The van der Waals surface area contributed by atoms with Crippen LogP contribution in [0.2, 0.25) is 0 Å². The summed E-state index contributed by atoms with van der Waals surface area (Å²) in [6.45, 7) is 0.145. The molecule has 1 amide bonds. The second-order valence-corrected chi connectivity index (χ2v) is 16.5. The van der Waals surface area contributed by atoms with Gasteiger partial charge in [-0.15, -0.1) is 0 Å². The molecule has 51 heavy (non-hydrogen) atoms. The number of rotatable bonds is 8. The number of ether oxygens (including phenoxy) is 1. The lowest BCUT2D eigenvalue weighted by molar-refractivity contribution is -0.462. The van der Waals surface area contributed by atoms with Crippen LogP contribution in [0.15, 0.2) is 107 Å². The molecule has 0 spiro atoms. The van der Waals surface area contributed by atoms with Crippen molar-refractivity contribution in [2.24, 2.45) is 5.73 Å². The smallest absolute Gasteiger partial charge is 0.336 e. The maximum atomic E-state index is 15.5. The molecule has 2 aliphatic rings. The van der Waals surface area contributed by atoms with E-state index >= 15 is 4.39 Å². The summed E-state index contributed by atoms with van der Waals surface area (Å²) in [5.41, 5.74) is 18.4. The number of carbonyl (C=O) groups is 2. The van der Waals surface area contributed by atoms with Gasteiger partial charge >= 0.3 is 5.97 Å². The van der Waals surface area contributed by atoms with Crippen LogP contribution in [0.25, 0.3) is 5.57 Å². The zero-order valence-electron chi connectivity index (χ0n) is 29.6. The molecule has 1 aliphatic heterocycles. The molecule has 11 heteroatoms. The Morgan fingerprint density at radius 2 is 1.73 bits per heavy atom. The van der Waals surface area contributed by atoms with E-state index in [1.54, 1.807) is 36.5 Å². The molecule has 264 valence electrons. The fourth-order valence-electron chi connectivity index (χ4n) is 6.19. The van der Waals surface area contributed by atoms with Gasteiger partial charge < -0.3 is 26.2 Å². The summed E-state index contributed by atoms with van der Waals surface area (Å²) in [7, 11) is 6.63.